The fraction of sp³-hybridized carbons (Fsp3) is 1.00. The smallest absolute Gasteiger partial charge is 0.00927 e. The quantitative estimate of drug-likeness (QED) is 0.687. The predicted octanol–water partition coefficient (Wildman–Crippen LogP) is 2.67. The van der Waals surface area contributed by atoms with Crippen molar-refractivity contribution in [1.29, 1.82) is 0 Å². The molecule has 1 saturated heterocycles. The van der Waals surface area contributed by atoms with E-state index in [0.717, 1.165) is 23.6 Å². The lowest BCUT2D eigenvalue weighted by molar-refractivity contribution is 0.0803. The second-order valence-corrected chi connectivity index (χ2v) is 5.08. The number of nitrogens with zero attached hydrogens (tertiary/aromatic N) is 1. The average Bonchev–Trinajstić information content (AvgIpc) is 2.09. The van der Waals surface area contributed by atoms with Gasteiger partial charge >= 0.3 is 0 Å². The summed E-state index contributed by atoms with van der Waals surface area (Å²) in [7, 11) is 0. The van der Waals surface area contributed by atoms with Crippen molar-refractivity contribution in [1.82, 2.24) is 4.90 Å². The van der Waals surface area contributed by atoms with Gasteiger partial charge in [-0.15, -0.1) is 0 Å². The molecule has 0 amide bonds. The maximum Gasteiger partial charge on any atom is 0.00927 e. The van der Waals surface area contributed by atoms with E-state index in [1.54, 1.807) is 0 Å². The van der Waals surface area contributed by atoms with Crippen molar-refractivity contribution in [3.05, 3.63) is 0 Å². The van der Waals surface area contributed by atoms with Gasteiger partial charge in [0.15, 0.2) is 0 Å². The Morgan fingerprint density at radius 3 is 2.62 bits per heavy atom. The largest absolute Gasteiger partial charge is 0.300 e. The first-order valence-electron chi connectivity index (χ1n) is 5.50. The van der Waals surface area contributed by atoms with Crippen LogP contribution in [0.5, 0.6) is 0 Å². The van der Waals surface area contributed by atoms with Gasteiger partial charge in [-0.25, -0.2) is 0 Å². The van der Waals surface area contributed by atoms with E-state index in [-0.39, 0.29) is 0 Å². The molecule has 1 rings (SSSR count). The maximum atomic E-state index is 4.27. The summed E-state index contributed by atoms with van der Waals surface area (Å²) in [6.07, 6.45) is 2.63. The molecular weight excluding hydrogens is 178 g/mol. The number of hydrogen-bond donors (Lipinski definition) is 1. The summed E-state index contributed by atoms with van der Waals surface area (Å²) in [5.41, 5.74) is 0. The minimum Gasteiger partial charge on any atom is -0.300 e. The van der Waals surface area contributed by atoms with Crippen molar-refractivity contribution in [3.8, 4) is 0 Å². The molecule has 2 heteroatoms. The van der Waals surface area contributed by atoms with Gasteiger partial charge in [0, 0.05) is 12.6 Å². The molecule has 3 atom stereocenters. The van der Waals surface area contributed by atoms with Gasteiger partial charge in [0.1, 0.15) is 0 Å². The number of piperidine rings is 1. The van der Waals surface area contributed by atoms with Gasteiger partial charge in [-0.2, -0.15) is 12.6 Å². The molecule has 1 heterocycles. The van der Waals surface area contributed by atoms with Crippen LogP contribution in [0.4, 0.5) is 0 Å². The minimum absolute atomic E-state index is 0.774. The number of likely N-dealkylation sites (tertiary alicyclic amines) is 1. The number of rotatable bonds is 3. The first-order valence-corrected chi connectivity index (χ1v) is 6.13. The highest BCUT2D eigenvalue weighted by Crippen LogP contribution is 2.26. The summed E-state index contributed by atoms with van der Waals surface area (Å²) < 4.78 is 0. The Balaban J connectivity index is 2.41. The number of thiol groups is 1. The van der Waals surface area contributed by atoms with Crippen LogP contribution < -0.4 is 0 Å². The highest BCUT2D eigenvalue weighted by Gasteiger charge is 2.27. The summed E-state index contributed by atoms with van der Waals surface area (Å²) in [6, 6.07) is 0.774. The van der Waals surface area contributed by atoms with Gasteiger partial charge in [-0.05, 0) is 43.9 Å². The summed E-state index contributed by atoms with van der Waals surface area (Å²) >= 11 is 4.27. The lowest BCUT2D eigenvalue weighted by Gasteiger charge is -2.41. The molecule has 3 unspecified atom stereocenters. The zero-order valence-corrected chi connectivity index (χ0v) is 10.1. The third-order valence-corrected chi connectivity index (χ3v) is 3.64. The summed E-state index contributed by atoms with van der Waals surface area (Å²) in [5, 5.41) is 0. The highest BCUT2D eigenvalue weighted by molar-refractivity contribution is 7.80. The molecule has 0 N–H and O–H groups in total. The molecule has 0 bridgehead atoms. The standard InChI is InChI=1S/C11H23NS/c1-9-7-10(2)11(3)12(8-9)5-4-6-13/h9-11,13H,4-8H2,1-3H3. The van der Waals surface area contributed by atoms with Crippen LogP contribution in [0.15, 0.2) is 0 Å². The molecular formula is C11H23NS. The van der Waals surface area contributed by atoms with E-state index >= 15 is 0 Å². The molecule has 0 aliphatic carbocycles. The monoisotopic (exact) mass is 201 g/mol. The van der Waals surface area contributed by atoms with Crippen LogP contribution in [0, 0.1) is 11.8 Å². The second-order valence-electron chi connectivity index (χ2n) is 4.63. The van der Waals surface area contributed by atoms with Crippen molar-refractivity contribution < 1.29 is 0 Å². The molecule has 13 heavy (non-hydrogen) atoms. The van der Waals surface area contributed by atoms with Crippen LogP contribution in [0.1, 0.15) is 33.6 Å². The molecule has 0 spiro atoms. The molecule has 0 aromatic heterocycles. The molecule has 78 valence electrons. The summed E-state index contributed by atoms with van der Waals surface area (Å²) in [4.78, 5) is 2.63. The Bertz CT molecular complexity index is 149. The van der Waals surface area contributed by atoms with E-state index in [1.807, 2.05) is 0 Å². The fourth-order valence-electron chi connectivity index (χ4n) is 2.40. The van der Waals surface area contributed by atoms with E-state index < -0.39 is 0 Å². The lowest BCUT2D eigenvalue weighted by atomic mass is 9.86. The number of hydrogen-bond acceptors (Lipinski definition) is 2. The molecule has 1 nitrogen and oxygen atoms in total. The molecule has 0 saturated carbocycles. The van der Waals surface area contributed by atoms with Gasteiger partial charge in [-0.1, -0.05) is 13.8 Å². The Kier molecular flexibility index (Phi) is 4.60. The van der Waals surface area contributed by atoms with E-state index in [2.05, 4.69) is 38.3 Å². The lowest BCUT2D eigenvalue weighted by Crippen LogP contribution is -2.46. The molecule has 0 aromatic carbocycles. The molecule has 1 aliphatic rings. The third-order valence-electron chi connectivity index (χ3n) is 3.32. The first kappa shape index (κ1) is 11.4. The van der Waals surface area contributed by atoms with E-state index in [0.29, 0.717) is 0 Å². The summed E-state index contributed by atoms with van der Waals surface area (Å²) in [5.74, 6) is 2.76. The normalized spacial score (nSPS) is 36.5. The Labute approximate surface area is 88.3 Å². The Hall–Kier alpha value is 0.310. The molecule has 0 aromatic rings. The summed E-state index contributed by atoms with van der Waals surface area (Å²) in [6.45, 7) is 9.65. The molecule has 1 fully saturated rings. The molecule has 0 radical (unpaired) electrons. The zero-order valence-electron chi connectivity index (χ0n) is 9.16. The van der Waals surface area contributed by atoms with E-state index in [4.69, 9.17) is 0 Å². The van der Waals surface area contributed by atoms with Gasteiger partial charge in [0.25, 0.3) is 0 Å². The van der Waals surface area contributed by atoms with Crippen LogP contribution in [0.2, 0.25) is 0 Å². The fourth-order valence-corrected chi connectivity index (χ4v) is 2.54. The third kappa shape index (κ3) is 3.17. The van der Waals surface area contributed by atoms with Crippen LogP contribution >= 0.6 is 12.6 Å². The maximum absolute atomic E-state index is 4.27. The van der Waals surface area contributed by atoms with Crippen LogP contribution in [-0.2, 0) is 0 Å². The van der Waals surface area contributed by atoms with Crippen LogP contribution in [-0.4, -0.2) is 29.8 Å². The first-order chi connectivity index (χ1) is 6.15. The average molecular weight is 201 g/mol. The van der Waals surface area contributed by atoms with Gasteiger partial charge in [-0.3, -0.25) is 0 Å². The SMILES string of the molecule is CC1CC(C)C(C)N(CCCS)C1. The molecule has 1 aliphatic heterocycles. The van der Waals surface area contributed by atoms with Gasteiger partial charge < -0.3 is 4.90 Å². The minimum atomic E-state index is 0.774. The second kappa shape index (κ2) is 5.26. The highest BCUT2D eigenvalue weighted by atomic mass is 32.1. The van der Waals surface area contributed by atoms with Crippen LogP contribution in [0.3, 0.4) is 0 Å². The van der Waals surface area contributed by atoms with Gasteiger partial charge in [0.05, 0.1) is 0 Å². The van der Waals surface area contributed by atoms with Crippen molar-refractivity contribution in [2.45, 2.75) is 39.7 Å². The zero-order chi connectivity index (χ0) is 9.84. The van der Waals surface area contributed by atoms with Crippen LogP contribution in [0.25, 0.3) is 0 Å². The van der Waals surface area contributed by atoms with E-state index in [9.17, 15) is 0 Å². The van der Waals surface area contributed by atoms with E-state index in [1.165, 1.54) is 25.9 Å². The van der Waals surface area contributed by atoms with Crippen molar-refractivity contribution >= 4 is 12.6 Å². The predicted molar refractivity (Wildman–Crippen MR) is 62.5 cm³/mol. The van der Waals surface area contributed by atoms with Crippen molar-refractivity contribution in [2.75, 3.05) is 18.8 Å². The topological polar surface area (TPSA) is 3.24 Å². The van der Waals surface area contributed by atoms with Crippen molar-refractivity contribution in [3.63, 3.8) is 0 Å². The van der Waals surface area contributed by atoms with Crippen molar-refractivity contribution in [2.24, 2.45) is 11.8 Å². The van der Waals surface area contributed by atoms with Gasteiger partial charge in [0.2, 0.25) is 0 Å². The Morgan fingerprint density at radius 1 is 1.31 bits per heavy atom. The Morgan fingerprint density at radius 2 is 2.00 bits per heavy atom.